The molecule has 0 aromatic heterocycles. The standard InChI is InChI=1S/C12H22S8/c1-8(15-6-11-17-4-9(2-13)19-11)16-7-12-18-5-10(3-14)20-12/h8-14H,2-7H2,1H3. The van der Waals surface area contributed by atoms with Crippen LogP contribution in [0.15, 0.2) is 0 Å². The molecule has 0 N–H and O–H groups in total. The molecule has 2 saturated heterocycles. The van der Waals surface area contributed by atoms with E-state index in [2.05, 4.69) is 103 Å². The Bertz CT molecular complexity index is 250. The first-order valence-electron chi connectivity index (χ1n) is 6.70. The van der Waals surface area contributed by atoms with Crippen LogP contribution in [0, 0.1) is 0 Å². The smallest absolute Gasteiger partial charge is 0.0596 e. The van der Waals surface area contributed by atoms with Crippen LogP contribution >= 0.6 is 95.8 Å². The summed E-state index contributed by atoms with van der Waals surface area (Å²) in [4.78, 5) is 0. The summed E-state index contributed by atoms with van der Waals surface area (Å²) in [5, 5.41) is 1.56. The average Bonchev–Trinajstić information content (AvgIpc) is 3.11. The van der Waals surface area contributed by atoms with Gasteiger partial charge in [0, 0.05) is 49.6 Å². The van der Waals surface area contributed by atoms with Crippen LogP contribution in [-0.4, -0.2) is 58.8 Å². The van der Waals surface area contributed by atoms with Gasteiger partial charge >= 0.3 is 0 Å². The van der Waals surface area contributed by atoms with Gasteiger partial charge in [0.1, 0.15) is 0 Å². The first kappa shape index (κ1) is 19.1. The highest BCUT2D eigenvalue weighted by atomic mass is 32.2. The molecule has 2 fully saturated rings. The molecule has 4 unspecified atom stereocenters. The maximum absolute atomic E-state index is 4.41. The van der Waals surface area contributed by atoms with E-state index in [4.69, 9.17) is 0 Å². The van der Waals surface area contributed by atoms with Gasteiger partial charge in [-0.2, -0.15) is 25.3 Å². The molecule has 0 spiro atoms. The van der Waals surface area contributed by atoms with Crippen LogP contribution in [0.25, 0.3) is 0 Å². The number of thioether (sulfide) groups is 6. The topological polar surface area (TPSA) is 0 Å². The molecule has 0 amide bonds. The molecular formula is C12H22S8. The van der Waals surface area contributed by atoms with Crippen molar-refractivity contribution in [2.75, 3.05) is 34.5 Å². The van der Waals surface area contributed by atoms with E-state index in [-0.39, 0.29) is 0 Å². The van der Waals surface area contributed by atoms with Gasteiger partial charge in [-0.3, -0.25) is 0 Å². The zero-order valence-electron chi connectivity index (χ0n) is 11.5. The van der Waals surface area contributed by atoms with Gasteiger partial charge in [-0.05, 0) is 6.92 Å². The fourth-order valence-electron chi connectivity index (χ4n) is 1.86. The Balaban J connectivity index is 1.53. The Morgan fingerprint density at radius 3 is 1.75 bits per heavy atom. The minimum Gasteiger partial charge on any atom is -0.178 e. The predicted octanol–water partition coefficient (Wildman–Crippen LogP) is 5.01. The van der Waals surface area contributed by atoms with Crippen molar-refractivity contribution in [3.63, 3.8) is 0 Å². The molecule has 0 aromatic carbocycles. The largest absolute Gasteiger partial charge is 0.178 e. The normalized spacial score (nSPS) is 35.5. The lowest BCUT2D eigenvalue weighted by Gasteiger charge is -2.16. The molecule has 0 nitrogen and oxygen atoms in total. The maximum atomic E-state index is 4.41. The lowest BCUT2D eigenvalue weighted by molar-refractivity contribution is 1.17. The van der Waals surface area contributed by atoms with Gasteiger partial charge in [0.15, 0.2) is 0 Å². The molecule has 2 rings (SSSR count). The Hall–Kier alpha value is 2.80. The summed E-state index contributed by atoms with van der Waals surface area (Å²) in [6.45, 7) is 2.37. The van der Waals surface area contributed by atoms with Gasteiger partial charge in [-0.15, -0.1) is 70.6 Å². The first-order valence-corrected chi connectivity index (χ1v) is 14.0. The highest BCUT2D eigenvalue weighted by Crippen LogP contribution is 2.43. The van der Waals surface area contributed by atoms with E-state index < -0.39 is 0 Å². The van der Waals surface area contributed by atoms with Crippen molar-refractivity contribution in [2.45, 2.75) is 31.2 Å². The summed E-state index contributed by atoms with van der Waals surface area (Å²) in [7, 11) is 0. The van der Waals surface area contributed by atoms with Crippen LogP contribution in [0.2, 0.25) is 0 Å². The third kappa shape index (κ3) is 6.73. The van der Waals surface area contributed by atoms with Crippen molar-refractivity contribution in [3.05, 3.63) is 0 Å². The molecule has 2 aliphatic heterocycles. The zero-order valence-corrected chi connectivity index (χ0v) is 18.2. The van der Waals surface area contributed by atoms with E-state index >= 15 is 0 Å². The highest BCUT2D eigenvalue weighted by Gasteiger charge is 2.27. The van der Waals surface area contributed by atoms with E-state index in [1.807, 2.05) is 0 Å². The van der Waals surface area contributed by atoms with Gasteiger partial charge in [0.2, 0.25) is 0 Å². The van der Waals surface area contributed by atoms with Gasteiger partial charge in [0.25, 0.3) is 0 Å². The minimum atomic E-state index is 0.725. The van der Waals surface area contributed by atoms with E-state index in [1.54, 1.807) is 0 Å². The van der Waals surface area contributed by atoms with Crippen molar-refractivity contribution in [1.82, 2.24) is 0 Å². The first-order chi connectivity index (χ1) is 9.71. The van der Waals surface area contributed by atoms with Gasteiger partial charge in [-0.25, -0.2) is 0 Å². The second kappa shape index (κ2) is 10.6. The Morgan fingerprint density at radius 2 is 1.40 bits per heavy atom. The van der Waals surface area contributed by atoms with Crippen LogP contribution in [0.1, 0.15) is 6.92 Å². The summed E-state index contributed by atoms with van der Waals surface area (Å²) in [5.41, 5.74) is 0. The van der Waals surface area contributed by atoms with Crippen molar-refractivity contribution < 1.29 is 0 Å². The quantitative estimate of drug-likeness (QED) is 0.414. The zero-order chi connectivity index (χ0) is 14.4. The molecule has 2 aliphatic rings. The second-order valence-corrected chi connectivity index (χ2v) is 14.5. The number of hydrogen-bond donors (Lipinski definition) is 2. The summed E-state index contributed by atoms with van der Waals surface area (Å²) < 4.78 is 2.32. The van der Waals surface area contributed by atoms with Gasteiger partial charge < -0.3 is 0 Å². The van der Waals surface area contributed by atoms with Crippen LogP contribution in [0.4, 0.5) is 0 Å². The number of rotatable bonds is 8. The lowest BCUT2D eigenvalue weighted by Crippen LogP contribution is -2.06. The summed E-state index contributed by atoms with van der Waals surface area (Å²) >= 11 is 21.6. The molecule has 0 aromatic rings. The van der Waals surface area contributed by atoms with Crippen molar-refractivity contribution in [2.24, 2.45) is 0 Å². The summed E-state index contributed by atoms with van der Waals surface area (Å²) in [6, 6.07) is 0. The highest BCUT2D eigenvalue weighted by molar-refractivity contribution is 8.24. The van der Waals surface area contributed by atoms with E-state index in [1.165, 1.54) is 23.0 Å². The van der Waals surface area contributed by atoms with Crippen molar-refractivity contribution in [3.8, 4) is 0 Å². The molecule has 118 valence electrons. The molecule has 2 heterocycles. The fourth-order valence-corrected chi connectivity index (χ4v) is 12.3. The molecule has 0 saturated carbocycles. The molecular weight excluding hydrogens is 401 g/mol. The molecule has 0 bridgehead atoms. The Morgan fingerprint density at radius 1 is 0.950 bits per heavy atom. The van der Waals surface area contributed by atoms with E-state index in [0.29, 0.717) is 0 Å². The van der Waals surface area contributed by atoms with Gasteiger partial charge in [0.05, 0.1) is 9.16 Å². The Kier molecular flexibility index (Phi) is 10.2. The molecule has 20 heavy (non-hydrogen) atoms. The molecule has 4 atom stereocenters. The summed E-state index contributed by atoms with van der Waals surface area (Å²) in [5.74, 6) is 7.23. The summed E-state index contributed by atoms with van der Waals surface area (Å²) in [6.07, 6.45) is 0. The minimum absolute atomic E-state index is 0.725. The SMILES string of the molecule is CC(SCC1SCC(CS)S1)SCC1SCC(CS)S1. The Labute approximate surface area is 160 Å². The number of thiol groups is 2. The van der Waals surface area contributed by atoms with E-state index in [0.717, 1.165) is 35.8 Å². The average molecular weight is 423 g/mol. The lowest BCUT2D eigenvalue weighted by atomic mass is 10.6. The maximum Gasteiger partial charge on any atom is 0.0596 e. The molecule has 0 aliphatic carbocycles. The van der Waals surface area contributed by atoms with E-state index in [9.17, 15) is 0 Å². The van der Waals surface area contributed by atoms with Crippen LogP contribution < -0.4 is 0 Å². The third-order valence-corrected chi connectivity index (χ3v) is 14.5. The predicted molar refractivity (Wildman–Crippen MR) is 117 cm³/mol. The number of hydrogen-bond acceptors (Lipinski definition) is 8. The molecule has 0 radical (unpaired) electrons. The van der Waals surface area contributed by atoms with Crippen LogP contribution in [0.3, 0.4) is 0 Å². The fraction of sp³-hybridized carbons (Fsp3) is 1.00. The van der Waals surface area contributed by atoms with Crippen LogP contribution in [0.5, 0.6) is 0 Å². The van der Waals surface area contributed by atoms with Gasteiger partial charge in [-0.1, -0.05) is 0 Å². The third-order valence-electron chi connectivity index (χ3n) is 2.97. The van der Waals surface area contributed by atoms with Crippen molar-refractivity contribution in [1.29, 1.82) is 0 Å². The monoisotopic (exact) mass is 422 g/mol. The van der Waals surface area contributed by atoms with Crippen LogP contribution in [-0.2, 0) is 0 Å². The molecule has 8 heteroatoms. The second-order valence-electron chi connectivity index (χ2n) is 4.64. The van der Waals surface area contributed by atoms with Crippen molar-refractivity contribution >= 4 is 95.8 Å².